The molecule has 1 aromatic rings. The molecule has 4 nitrogen and oxygen atoms in total. The van der Waals surface area contributed by atoms with Crippen LogP contribution in [0, 0.1) is 0 Å². The molecule has 1 aliphatic heterocycles. The van der Waals surface area contributed by atoms with Gasteiger partial charge in [-0.2, -0.15) is 0 Å². The highest BCUT2D eigenvalue weighted by Gasteiger charge is 2.11. The van der Waals surface area contributed by atoms with E-state index < -0.39 is 5.97 Å². The average molecular weight is 273 g/mol. The van der Waals surface area contributed by atoms with E-state index in [9.17, 15) is 4.79 Å². The molecule has 0 unspecified atom stereocenters. The van der Waals surface area contributed by atoms with Crippen molar-refractivity contribution in [1.82, 2.24) is 5.32 Å². The minimum atomic E-state index is -0.885. The third-order valence-corrected chi connectivity index (χ3v) is 3.31. The predicted molar refractivity (Wildman–Crippen MR) is 71.7 cm³/mol. The number of carbonyl (C=O) groups is 1. The molecular weight excluding hydrogens is 260 g/mol. The van der Waals surface area contributed by atoms with Gasteiger partial charge < -0.3 is 10.4 Å². The lowest BCUT2D eigenvalue weighted by atomic mass is 10.2. The molecule has 0 aliphatic carbocycles. The molecule has 0 saturated carbocycles. The van der Waals surface area contributed by atoms with Crippen LogP contribution >= 0.6 is 24.2 Å². The lowest BCUT2D eigenvalue weighted by Crippen LogP contribution is -2.20. The summed E-state index contributed by atoms with van der Waals surface area (Å²) in [4.78, 5) is 16.0. The van der Waals surface area contributed by atoms with Crippen molar-refractivity contribution in [3.63, 3.8) is 0 Å². The third kappa shape index (κ3) is 3.64. The van der Waals surface area contributed by atoms with Crippen LogP contribution in [0.1, 0.15) is 10.4 Å². The molecule has 1 heterocycles. The molecule has 0 aromatic heterocycles. The smallest absolute Gasteiger partial charge is 0.336 e. The van der Waals surface area contributed by atoms with Crippen LogP contribution in [0.15, 0.2) is 34.2 Å². The van der Waals surface area contributed by atoms with E-state index in [0.29, 0.717) is 11.3 Å². The van der Waals surface area contributed by atoms with Crippen molar-refractivity contribution in [3.05, 3.63) is 29.8 Å². The quantitative estimate of drug-likeness (QED) is 0.822. The minimum absolute atomic E-state index is 0. The highest BCUT2D eigenvalue weighted by Crippen LogP contribution is 2.22. The number of nitrogens with zero attached hydrogens (tertiary/aromatic N) is 1. The van der Waals surface area contributed by atoms with E-state index in [2.05, 4.69) is 10.3 Å². The summed E-state index contributed by atoms with van der Waals surface area (Å²) in [7, 11) is 0. The zero-order chi connectivity index (χ0) is 11.4. The number of carboxylic acids is 1. The first-order chi connectivity index (χ1) is 7.77. The Bertz CT molecular complexity index is 437. The van der Waals surface area contributed by atoms with Gasteiger partial charge in [-0.25, -0.2) is 4.79 Å². The molecule has 0 radical (unpaired) electrons. The second-order valence-corrected chi connectivity index (χ2v) is 4.36. The van der Waals surface area contributed by atoms with E-state index in [1.165, 1.54) is 11.8 Å². The first-order valence-corrected chi connectivity index (χ1v) is 5.98. The van der Waals surface area contributed by atoms with Crippen molar-refractivity contribution >= 4 is 36.0 Å². The van der Waals surface area contributed by atoms with E-state index in [-0.39, 0.29) is 12.4 Å². The highest BCUT2D eigenvalue weighted by molar-refractivity contribution is 8.00. The number of carboxylic acid groups (broad SMARTS) is 1. The summed E-state index contributed by atoms with van der Waals surface area (Å²) < 4.78 is 0. The van der Waals surface area contributed by atoms with Crippen LogP contribution in [-0.4, -0.2) is 35.8 Å². The molecule has 0 bridgehead atoms. The minimum Gasteiger partial charge on any atom is -0.478 e. The highest BCUT2D eigenvalue weighted by atomic mass is 35.5. The predicted octanol–water partition coefficient (Wildman–Crippen LogP) is 1.90. The summed E-state index contributed by atoms with van der Waals surface area (Å²) in [6, 6.07) is 7.02. The van der Waals surface area contributed by atoms with Crippen LogP contribution < -0.4 is 5.32 Å². The van der Waals surface area contributed by atoms with Crippen LogP contribution in [0.5, 0.6) is 0 Å². The van der Waals surface area contributed by atoms with Gasteiger partial charge >= 0.3 is 5.97 Å². The van der Waals surface area contributed by atoms with Gasteiger partial charge in [0.25, 0.3) is 0 Å². The lowest BCUT2D eigenvalue weighted by molar-refractivity contribution is 0.0693. The van der Waals surface area contributed by atoms with E-state index in [1.54, 1.807) is 12.1 Å². The molecule has 92 valence electrons. The molecule has 1 aromatic carbocycles. The van der Waals surface area contributed by atoms with Gasteiger partial charge in [0.15, 0.2) is 0 Å². The van der Waals surface area contributed by atoms with Gasteiger partial charge in [0.2, 0.25) is 0 Å². The molecule has 6 heteroatoms. The Morgan fingerprint density at radius 1 is 1.47 bits per heavy atom. The van der Waals surface area contributed by atoms with Crippen LogP contribution in [0.2, 0.25) is 0 Å². The first kappa shape index (κ1) is 13.9. The van der Waals surface area contributed by atoms with Crippen LogP contribution in [0.4, 0.5) is 0 Å². The van der Waals surface area contributed by atoms with Crippen molar-refractivity contribution in [2.45, 2.75) is 4.90 Å². The summed E-state index contributed by atoms with van der Waals surface area (Å²) in [5.41, 5.74) is 0.353. The van der Waals surface area contributed by atoms with E-state index in [4.69, 9.17) is 5.11 Å². The fourth-order valence-corrected chi connectivity index (χ4v) is 2.43. The Morgan fingerprint density at radius 2 is 2.24 bits per heavy atom. The number of hydrogen-bond donors (Lipinski definition) is 2. The molecule has 2 N–H and O–H groups in total. The molecule has 2 rings (SSSR count). The monoisotopic (exact) mass is 272 g/mol. The van der Waals surface area contributed by atoms with Crippen molar-refractivity contribution in [3.8, 4) is 0 Å². The van der Waals surface area contributed by atoms with Gasteiger partial charge in [-0.3, -0.25) is 4.99 Å². The molecule has 0 atom stereocenters. The van der Waals surface area contributed by atoms with Gasteiger partial charge in [0.05, 0.1) is 17.9 Å². The number of thioether (sulfide) groups is 1. The molecule has 1 aliphatic rings. The Kier molecular flexibility index (Phi) is 5.31. The number of amidine groups is 1. The second-order valence-electron chi connectivity index (χ2n) is 3.35. The number of rotatable bonds is 4. The van der Waals surface area contributed by atoms with Gasteiger partial charge in [-0.15, -0.1) is 24.2 Å². The Hall–Kier alpha value is -1.20. The summed E-state index contributed by atoms with van der Waals surface area (Å²) in [5, 5.41) is 12.2. The molecule has 0 saturated heterocycles. The maximum Gasteiger partial charge on any atom is 0.336 e. The summed E-state index contributed by atoms with van der Waals surface area (Å²) in [6.45, 7) is 1.70. The normalized spacial score (nSPS) is 13.5. The Labute approximate surface area is 110 Å². The molecular formula is C11H13ClN2O2S. The SMILES string of the molecule is Cl.O=C(O)c1ccccc1SCC1=NCCN1. The Balaban J connectivity index is 0.00000144. The molecule has 17 heavy (non-hydrogen) atoms. The van der Waals surface area contributed by atoms with Crippen LogP contribution in [0.3, 0.4) is 0 Å². The number of aliphatic imine (C=N–C) groups is 1. The number of nitrogens with one attached hydrogen (secondary N) is 1. The standard InChI is InChI=1S/C11H12N2O2S.ClH/c14-11(15)8-3-1-2-4-9(8)16-7-10-12-5-6-13-10;/h1-4H,5-7H2,(H,12,13)(H,14,15);1H. The maximum absolute atomic E-state index is 11.0. The van der Waals surface area contributed by atoms with Crippen molar-refractivity contribution in [2.24, 2.45) is 4.99 Å². The number of benzene rings is 1. The van der Waals surface area contributed by atoms with Crippen molar-refractivity contribution in [2.75, 3.05) is 18.8 Å². The lowest BCUT2D eigenvalue weighted by Gasteiger charge is -2.05. The van der Waals surface area contributed by atoms with Crippen molar-refractivity contribution in [1.29, 1.82) is 0 Å². The van der Waals surface area contributed by atoms with E-state index >= 15 is 0 Å². The molecule has 0 spiro atoms. The summed E-state index contributed by atoms with van der Waals surface area (Å²) in [5.74, 6) is 0.763. The first-order valence-electron chi connectivity index (χ1n) is 4.99. The zero-order valence-electron chi connectivity index (χ0n) is 9.05. The largest absolute Gasteiger partial charge is 0.478 e. The number of aromatic carboxylic acids is 1. The van der Waals surface area contributed by atoms with Gasteiger partial charge in [-0.05, 0) is 12.1 Å². The Morgan fingerprint density at radius 3 is 2.88 bits per heavy atom. The van der Waals surface area contributed by atoms with Gasteiger partial charge in [0, 0.05) is 11.4 Å². The van der Waals surface area contributed by atoms with E-state index in [0.717, 1.165) is 23.8 Å². The molecule has 0 fully saturated rings. The van der Waals surface area contributed by atoms with E-state index in [1.807, 2.05) is 12.1 Å². The number of hydrogen-bond acceptors (Lipinski definition) is 4. The third-order valence-electron chi connectivity index (χ3n) is 2.23. The fraction of sp³-hybridized carbons (Fsp3) is 0.273. The topological polar surface area (TPSA) is 61.7 Å². The molecule has 0 amide bonds. The average Bonchev–Trinajstić information content (AvgIpc) is 2.79. The summed E-state index contributed by atoms with van der Waals surface area (Å²) in [6.07, 6.45) is 0. The van der Waals surface area contributed by atoms with Crippen LogP contribution in [-0.2, 0) is 0 Å². The van der Waals surface area contributed by atoms with Crippen molar-refractivity contribution < 1.29 is 9.90 Å². The fourth-order valence-electron chi connectivity index (χ4n) is 1.46. The maximum atomic E-state index is 11.0. The van der Waals surface area contributed by atoms with Gasteiger partial charge in [0.1, 0.15) is 5.84 Å². The van der Waals surface area contributed by atoms with Crippen LogP contribution in [0.25, 0.3) is 0 Å². The summed E-state index contributed by atoms with van der Waals surface area (Å²) >= 11 is 1.50. The second kappa shape index (κ2) is 6.51. The number of halogens is 1. The van der Waals surface area contributed by atoms with Gasteiger partial charge in [-0.1, -0.05) is 12.1 Å². The zero-order valence-corrected chi connectivity index (χ0v) is 10.7.